The van der Waals surface area contributed by atoms with Crippen molar-refractivity contribution in [3.05, 3.63) is 88.4 Å². The van der Waals surface area contributed by atoms with E-state index in [-0.39, 0.29) is 0 Å². The smallest absolute Gasteiger partial charge is 0.110 e. The lowest BCUT2D eigenvalue weighted by Gasteiger charge is -2.32. The molecule has 1 saturated heterocycles. The van der Waals surface area contributed by atoms with Gasteiger partial charge in [-0.15, -0.1) is 11.3 Å². The van der Waals surface area contributed by atoms with E-state index < -0.39 is 0 Å². The van der Waals surface area contributed by atoms with Crippen LogP contribution in [-0.4, -0.2) is 27.5 Å². The number of para-hydroxylation sites is 2. The van der Waals surface area contributed by atoms with Crippen molar-refractivity contribution in [1.82, 2.24) is 14.5 Å². The van der Waals surface area contributed by atoms with Gasteiger partial charge in [0.15, 0.2) is 0 Å². The van der Waals surface area contributed by atoms with Gasteiger partial charge in [0.05, 0.1) is 17.6 Å². The Bertz CT molecular complexity index is 1040. The molecule has 2 aromatic heterocycles. The third-order valence-corrected chi connectivity index (χ3v) is 6.92. The molecular weight excluding hydrogens is 374 g/mol. The zero-order valence-corrected chi connectivity index (χ0v) is 17.5. The van der Waals surface area contributed by atoms with Crippen molar-refractivity contribution in [2.45, 2.75) is 32.4 Å². The Balaban J connectivity index is 1.28. The number of aromatic nitrogens is 2. The predicted octanol–water partition coefficient (Wildman–Crippen LogP) is 5.60. The van der Waals surface area contributed by atoms with Crippen LogP contribution in [0.4, 0.5) is 0 Å². The van der Waals surface area contributed by atoms with E-state index in [2.05, 4.69) is 81.6 Å². The molecule has 0 amide bonds. The Morgan fingerprint density at radius 2 is 1.66 bits per heavy atom. The maximum Gasteiger partial charge on any atom is 0.110 e. The first-order chi connectivity index (χ1) is 14.3. The fourth-order valence-corrected chi connectivity index (χ4v) is 5.16. The Hall–Kier alpha value is -2.43. The molecule has 1 aliphatic heterocycles. The highest BCUT2D eigenvalue weighted by Crippen LogP contribution is 2.26. The van der Waals surface area contributed by atoms with Gasteiger partial charge >= 0.3 is 0 Å². The minimum Gasteiger partial charge on any atom is -0.323 e. The molecule has 0 radical (unpaired) electrons. The highest BCUT2D eigenvalue weighted by Gasteiger charge is 2.22. The Morgan fingerprint density at radius 1 is 0.862 bits per heavy atom. The predicted molar refractivity (Wildman–Crippen MR) is 121 cm³/mol. The van der Waals surface area contributed by atoms with E-state index in [1.807, 2.05) is 11.3 Å². The molecule has 4 aromatic rings. The van der Waals surface area contributed by atoms with E-state index in [0.717, 1.165) is 30.9 Å². The lowest BCUT2D eigenvalue weighted by molar-refractivity contribution is 0.175. The molecule has 0 saturated carbocycles. The average molecular weight is 402 g/mol. The normalized spacial score (nSPS) is 15.9. The van der Waals surface area contributed by atoms with Crippen molar-refractivity contribution in [2.75, 3.05) is 13.1 Å². The van der Waals surface area contributed by atoms with Gasteiger partial charge in [0.1, 0.15) is 5.82 Å². The van der Waals surface area contributed by atoms with Crippen LogP contribution in [-0.2, 0) is 19.5 Å². The SMILES string of the molecule is c1ccc(CN2CCC(Cc3nc4ccccc4n3Cc3cccs3)CC2)cc1. The monoisotopic (exact) mass is 401 g/mol. The molecule has 1 aliphatic rings. The first-order valence-corrected chi connectivity index (χ1v) is 11.5. The molecule has 0 unspecified atom stereocenters. The van der Waals surface area contributed by atoms with Gasteiger partial charge in [-0.05, 0) is 61.0 Å². The summed E-state index contributed by atoms with van der Waals surface area (Å²) < 4.78 is 2.44. The number of likely N-dealkylation sites (tertiary alicyclic amines) is 1. The minimum atomic E-state index is 0.723. The summed E-state index contributed by atoms with van der Waals surface area (Å²) in [7, 11) is 0. The summed E-state index contributed by atoms with van der Waals surface area (Å²) in [6, 6.07) is 23.8. The molecule has 2 aromatic carbocycles. The molecule has 0 bridgehead atoms. The van der Waals surface area contributed by atoms with Crippen molar-refractivity contribution in [3.8, 4) is 0 Å². The number of thiophene rings is 1. The van der Waals surface area contributed by atoms with Gasteiger partial charge in [0.25, 0.3) is 0 Å². The van der Waals surface area contributed by atoms with Crippen LogP contribution >= 0.6 is 11.3 Å². The number of nitrogens with zero attached hydrogens (tertiary/aromatic N) is 3. The topological polar surface area (TPSA) is 21.1 Å². The lowest BCUT2D eigenvalue weighted by Crippen LogP contribution is -2.34. The maximum absolute atomic E-state index is 5.03. The first-order valence-electron chi connectivity index (χ1n) is 10.6. The number of hydrogen-bond donors (Lipinski definition) is 0. The van der Waals surface area contributed by atoms with Crippen LogP contribution in [0.5, 0.6) is 0 Å². The maximum atomic E-state index is 5.03. The van der Waals surface area contributed by atoms with Gasteiger partial charge in [-0.2, -0.15) is 0 Å². The molecule has 29 heavy (non-hydrogen) atoms. The van der Waals surface area contributed by atoms with E-state index in [1.54, 1.807) is 0 Å². The van der Waals surface area contributed by atoms with Crippen molar-refractivity contribution >= 4 is 22.4 Å². The summed E-state index contributed by atoms with van der Waals surface area (Å²) in [4.78, 5) is 9.02. The van der Waals surface area contributed by atoms with E-state index in [4.69, 9.17) is 4.98 Å². The van der Waals surface area contributed by atoms with Gasteiger partial charge in [0.2, 0.25) is 0 Å². The fourth-order valence-electron chi connectivity index (χ4n) is 4.46. The number of rotatable bonds is 6. The van der Waals surface area contributed by atoms with Gasteiger partial charge in [0, 0.05) is 17.8 Å². The summed E-state index contributed by atoms with van der Waals surface area (Å²) in [6.45, 7) is 4.38. The number of hydrogen-bond acceptors (Lipinski definition) is 3. The number of piperidine rings is 1. The standard InChI is InChI=1S/C25H27N3S/c1-2-7-21(8-3-1)18-27-14-12-20(13-15-27)17-25-26-23-10-4-5-11-24(23)28(25)19-22-9-6-16-29-22/h1-11,16,20H,12-15,17-19H2. The number of imidazole rings is 1. The van der Waals surface area contributed by atoms with Gasteiger partial charge in [-0.3, -0.25) is 4.90 Å². The zero-order chi connectivity index (χ0) is 19.5. The van der Waals surface area contributed by atoms with Crippen LogP contribution in [0.3, 0.4) is 0 Å². The van der Waals surface area contributed by atoms with E-state index >= 15 is 0 Å². The van der Waals surface area contributed by atoms with Gasteiger partial charge < -0.3 is 4.57 Å². The average Bonchev–Trinajstić information content (AvgIpc) is 3.39. The lowest BCUT2D eigenvalue weighted by atomic mass is 9.93. The van der Waals surface area contributed by atoms with E-state index in [9.17, 15) is 0 Å². The summed E-state index contributed by atoms with van der Waals surface area (Å²) in [5, 5.41) is 2.16. The molecule has 1 fully saturated rings. The van der Waals surface area contributed by atoms with Crippen LogP contribution in [0.1, 0.15) is 29.1 Å². The number of fused-ring (bicyclic) bond motifs is 1. The van der Waals surface area contributed by atoms with Crippen LogP contribution in [0.15, 0.2) is 72.1 Å². The Morgan fingerprint density at radius 3 is 2.45 bits per heavy atom. The minimum absolute atomic E-state index is 0.723. The summed E-state index contributed by atoms with van der Waals surface area (Å²) >= 11 is 1.83. The molecule has 0 N–H and O–H groups in total. The quantitative estimate of drug-likeness (QED) is 0.419. The highest BCUT2D eigenvalue weighted by atomic mass is 32.1. The van der Waals surface area contributed by atoms with E-state index in [1.165, 1.54) is 47.7 Å². The van der Waals surface area contributed by atoms with Crippen molar-refractivity contribution in [3.63, 3.8) is 0 Å². The van der Waals surface area contributed by atoms with Crippen LogP contribution in [0.2, 0.25) is 0 Å². The van der Waals surface area contributed by atoms with Crippen molar-refractivity contribution in [2.24, 2.45) is 5.92 Å². The van der Waals surface area contributed by atoms with Gasteiger partial charge in [-0.25, -0.2) is 4.98 Å². The Kier molecular flexibility index (Phi) is 5.46. The highest BCUT2D eigenvalue weighted by molar-refractivity contribution is 7.09. The molecule has 5 rings (SSSR count). The first kappa shape index (κ1) is 18.6. The largest absolute Gasteiger partial charge is 0.323 e. The summed E-state index contributed by atoms with van der Waals surface area (Å²) in [5.41, 5.74) is 3.81. The molecule has 148 valence electrons. The van der Waals surface area contributed by atoms with Crippen LogP contribution < -0.4 is 0 Å². The van der Waals surface area contributed by atoms with Crippen LogP contribution in [0, 0.1) is 5.92 Å². The zero-order valence-electron chi connectivity index (χ0n) is 16.7. The third kappa shape index (κ3) is 4.29. The Labute approximate surface area is 176 Å². The van der Waals surface area contributed by atoms with Crippen molar-refractivity contribution in [1.29, 1.82) is 0 Å². The summed E-state index contributed by atoms with van der Waals surface area (Å²) in [6.07, 6.45) is 3.60. The van der Waals surface area contributed by atoms with Crippen LogP contribution in [0.25, 0.3) is 11.0 Å². The second-order valence-corrected chi connectivity index (χ2v) is 9.12. The van der Waals surface area contributed by atoms with E-state index in [0.29, 0.717) is 0 Å². The molecular formula is C25H27N3S. The molecule has 0 aliphatic carbocycles. The van der Waals surface area contributed by atoms with Gasteiger partial charge in [-0.1, -0.05) is 48.5 Å². The molecule has 3 nitrogen and oxygen atoms in total. The number of benzene rings is 2. The molecule has 4 heteroatoms. The van der Waals surface area contributed by atoms with Crippen molar-refractivity contribution < 1.29 is 0 Å². The molecule has 0 atom stereocenters. The fraction of sp³-hybridized carbons (Fsp3) is 0.320. The second kappa shape index (κ2) is 8.52. The third-order valence-electron chi connectivity index (χ3n) is 6.06. The summed E-state index contributed by atoms with van der Waals surface area (Å²) in [5.74, 6) is 1.97. The molecule has 3 heterocycles. The second-order valence-electron chi connectivity index (χ2n) is 8.09. The molecule has 0 spiro atoms.